The summed E-state index contributed by atoms with van der Waals surface area (Å²) in [7, 11) is 3.27. The van der Waals surface area contributed by atoms with E-state index in [4.69, 9.17) is 22.2 Å². The summed E-state index contributed by atoms with van der Waals surface area (Å²) in [6.45, 7) is 0. The second-order valence-corrected chi connectivity index (χ2v) is 4.44. The number of nitrogens with zero attached hydrogens (tertiary/aromatic N) is 2. The normalized spacial score (nSPS) is 12.5. The number of nitrogens with one attached hydrogen (secondary N) is 1. The van der Waals surface area contributed by atoms with E-state index in [-0.39, 0.29) is 0 Å². The number of hydrogen-bond donors (Lipinski definition) is 2. The van der Waals surface area contributed by atoms with E-state index in [9.17, 15) is 4.39 Å². The highest BCUT2D eigenvalue weighted by Gasteiger charge is 2.21. The van der Waals surface area contributed by atoms with Crippen LogP contribution in [0.15, 0.2) is 24.3 Å². The van der Waals surface area contributed by atoms with Gasteiger partial charge in [0, 0.05) is 23.7 Å². The van der Waals surface area contributed by atoms with Gasteiger partial charge in [-0.15, -0.1) is 0 Å². The van der Waals surface area contributed by atoms with Crippen molar-refractivity contribution in [2.24, 2.45) is 12.9 Å². The third-order valence-corrected chi connectivity index (χ3v) is 3.04. The summed E-state index contributed by atoms with van der Waals surface area (Å²) in [4.78, 5) is 0. The van der Waals surface area contributed by atoms with E-state index in [0.29, 0.717) is 22.2 Å². The van der Waals surface area contributed by atoms with Crippen molar-refractivity contribution in [1.29, 1.82) is 0 Å². The first kappa shape index (κ1) is 13.8. The van der Waals surface area contributed by atoms with Crippen molar-refractivity contribution in [3.05, 3.63) is 46.4 Å². The molecular formula is C12H14ClFN4O. The van der Waals surface area contributed by atoms with Gasteiger partial charge in [-0.05, 0) is 12.1 Å². The standard InChI is InChI=1S/C12H14ClFN4O/c1-18-11(19-2)6-10(17-18)12(16-15)8-4-3-7(13)5-9(8)14/h3-6,12,16H,15H2,1-2H3. The molecule has 0 aliphatic rings. The van der Waals surface area contributed by atoms with Gasteiger partial charge in [0.15, 0.2) is 0 Å². The van der Waals surface area contributed by atoms with Crippen molar-refractivity contribution in [3.63, 3.8) is 0 Å². The number of nitrogens with two attached hydrogens (primary N) is 1. The molecule has 1 aromatic carbocycles. The smallest absolute Gasteiger partial charge is 0.211 e. The van der Waals surface area contributed by atoms with Gasteiger partial charge in [0.2, 0.25) is 5.88 Å². The first-order chi connectivity index (χ1) is 9.06. The lowest BCUT2D eigenvalue weighted by atomic mass is 10.0. The summed E-state index contributed by atoms with van der Waals surface area (Å²) in [6, 6.07) is 5.53. The Hall–Kier alpha value is -1.63. The maximum atomic E-state index is 13.9. The maximum absolute atomic E-state index is 13.9. The van der Waals surface area contributed by atoms with Gasteiger partial charge in [-0.25, -0.2) is 14.5 Å². The molecule has 1 aromatic heterocycles. The Morgan fingerprint density at radius 2 is 2.21 bits per heavy atom. The Morgan fingerprint density at radius 3 is 2.74 bits per heavy atom. The fourth-order valence-electron chi connectivity index (χ4n) is 1.87. The molecule has 1 unspecified atom stereocenters. The zero-order valence-electron chi connectivity index (χ0n) is 10.5. The molecule has 0 aliphatic heterocycles. The highest BCUT2D eigenvalue weighted by molar-refractivity contribution is 6.30. The van der Waals surface area contributed by atoms with Crippen LogP contribution >= 0.6 is 11.6 Å². The minimum atomic E-state index is -0.577. The molecular weight excluding hydrogens is 271 g/mol. The van der Waals surface area contributed by atoms with Gasteiger partial charge >= 0.3 is 0 Å². The Labute approximate surface area is 115 Å². The molecule has 0 saturated heterocycles. The Kier molecular flexibility index (Phi) is 4.04. The zero-order chi connectivity index (χ0) is 14.0. The lowest BCUT2D eigenvalue weighted by Crippen LogP contribution is -2.30. The topological polar surface area (TPSA) is 65.1 Å². The molecule has 0 saturated carbocycles. The quantitative estimate of drug-likeness (QED) is 0.663. The van der Waals surface area contributed by atoms with Crippen molar-refractivity contribution in [2.75, 3.05) is 7.11 Å². The first-order valence-corrected chi connectivity index (χ1v) is 5.93. The highest BCUT2D eigenvalue weighted by Crippen LogP contribution is 2.27. The van der Waals surface area contributed by atoms with E-state index in [0.717, 1.165) is 0 Å². The molecule has 0 spiro atoms. The summed E-state index contributed by atoms with van der Waals surface area (Å²) in [5, 5.41) is 4.57. The molecule has 0 bridgehead atoms. The summed E-state index contributed by atoms with van der Waals surface area (Å²) in [5.74, 6) is 5.62. The lowest BCUT2D eigenvalue weighted by Gasteiger charge is -2.14. The van der Waals surface area contributed by atoms with Crippen LogP contribution in [0.5, 0.6) is 5.88 Å². The number of aromatic nitrogens is 2. The van der Waals surface area contributed by atoms with Crippen LogP contribution in [-0.4, -0.2) is 16.9 Å². The largest absolute Gasteiger partial charge is 0.481 e. The van der Waals surface area contributed by atoms with E-state index in [1.165, 1.54) is 13.2 Å². The molecule has 2 aromatic rings. The van der Waals surface area contributed by atoms with Crippen LogP contribution in [0, 0.1) is 5.82 Å². The van der Waals surface area contributed by atoms with Gasteiger partial charge in [-0.1, -0.05) is 17.7 Å². The van der Waals surface area contributed by atoms with Crippen molar-refractivity contribution < 1.29 is 9.13 Å². The Bertz CT molecular complexity index is 587. The minimum Gasteiger partial charge on any atom is -0.481 e. The maximum Gasteiger partial charge on any atom is 0.211 e. The number of aryl methyl sites for hydroxylation is 1. The molecule has 102 valence electrons. The average molecular weight is 285 g/mol. The second-order valence-electron chi connectivity index (χ2n) is 4.00. The lowest BCUT2D eigenvalue weighted by molar-refractivity contribution is 0.373. The molecule has 0 fully saturated rings. The molecule has 0 amide bonds. The van der Waals surface area contributed by atoms with Crippen LogP contribution in [0.4, 0.5) is 4.39 Å². The summed E-state index contributed by atoms with van der Waals surface area (Å²) in [6.07, 6.45) is 0. The monoisotopic (exact) mass is 284 g/mol. The third kappa shape index (κ3) is 2.70. The first-order valence-electron chi connectivity index (χ1n) is 5.55. The predicted molar refractivity (Wildman–Crippen MR) is 70.3 cm³/mol. The van der Waals surface area contributed by atoms with Gasteiger partial charge < -0.3 is 4.74 Å². The summed E-state index contributed by atoms with van der Waals surface area (Å²) >= 11 is 5.73. The fourth-order valence-corrected chi connectivity index (χ4v) is 2.03. The van der Waals surface area contributed by atoms with Crippen molar-refractivity contribution in [1.82, 2.24) is 15.2 Å². The summed E-state index contributed by atoms with van der Waals surface area (Å²) in [5.41, 5.74) is 3.47. The molecule has 19 heavy (non-hydrogen) atoms. The number of halogens is 2. The molecule has 3 N–H and O–H groups in total. The van der Waals surface area contributed by atoms with Gasteiger partial charge in [0.05, 0.1) is 18.8 Å². The molecule has 7 heteroatoms. The van der Waals surface area contributed by atoms with Crippen LogP contribution in [0.3, 0.4) is 0 Å². The number of rotatable bonds is 4. The summed E-state index contributed by atoms with van der Waals surface area (Å²) < 4.78 is 20.6. The van der Waals surface area contributed by atoms with Crippen molar-refractivity contribution in [3.8, 4) is 5.88 Å². The number of ether oxygens (including phenoxy) is 1. The van der Waals surface area contributed by atoms with Crippen LogP contribution < -0.4 is 16.0 Å². The molecule has 1 heterocycles. The van der Waals surface area contributed by atoms with Gasteiger partial charge in [-0.2, -0.15) is 5.10 Å². The van der Waals surface area contributed by atoms with Crippen LogP contribution in [0.25, 0.3) is 0 Å². The Morgan fingerprint density at radius 1 is 1.47 bits per heavy atom. The Balaban J connectivity index is 2.43. The minimum absolute atomic E-state index is 0.329. The van der Waals surface area contributed by atoms with Gasteiger partial charge in [0.1, 0.15) is 5.82 Å². The van der Waals surface area contributed by atoms with Gasteiger partial charge in [0.25, 0.3) is 0 Å². The zero-order valence-corrected chi connectivity index (χ0v) is 11.3. The van der Waals surface area contributed by atoms with E-state index in [1.807, 2.05) is 0 Å². The van der Waals surface area contributed by atoms with E-state index in [1.54, 1.807) is 29.9 Å². The van der Waals surface area contributed by atoms with E-state index < -0.39 is 11.9 Å². The predicted octanol–water partition coefficient (Wildman–Crippen LogP) is 1.77. The molecule has 0 aliphatic carbocycles. The molecule has 0 radical (unpaired) electrons. The number of benzene rings is 1. The number of hydrogen-bond acceptors (Lipinski definition) is 4. The van der Waals surface area contributed by atoms with E-state index >= 15 is 0 Å². The van der Waals surface area contributed by atoms with Crippen molar-refractivity contribution >= 4 is 11.6 Å². The average Bonchev–Trinajstić information content (AvgIpc) is 2.74. The van der Waals surface area contributed by atoms with Gasteiger partial charge in [-0.3, -0.25) is 5.84 Å². The highest BCUT2D eigenvalue weighted by atomic mass is 35.5. The van der Waals surface area contributed by atoms with Crippen molar-refractivity contribution in [2.45, 2.75) is 6.04 Å². The molecule has 5 nitrogen and oxygen atoms in total. The van der Waals surface area contributed by atoms with Crippen LogP contribution in [0.2, 0.25) is 5.02 Å². The second kappa shape index (κ2) is 5.56. The van der Waals surface area contributed by atoms with Crippen LogP contribution in [-0.2, 0) is 7.05 Å². The third-order valence-electron chi connectivity index (χ3n) is 2.80. The van der Waals surface area contributed by atoms with E-state index in [2.05, 4.69) is 10.5 Å². The fraction of sp³-hybridized carbons (Fsp3) is 0.250. The SMILES string of the molecule is COc1cc(C(NN)c2ccc(Cl)cc2F)nn1C. The van der Waals surface area contributed by atoms with Crippen LogP contribution in [0.1, 0.15) is 17.3 Å². The number of methoxy groups -OCH3 is 1. The molecule has 1 atom stereocenters. The number of hydrazine groups is 1. The molecule has 2 rings (SSSR count).